The summed E-state index contributed by atoms with van der Waals surface area (Å²) < 4.78 is 71.4. The van der Waals surface area contributed by atoms with Gasteiger partial charge in [0.15, 0.2) is 5.69 Å². The summed E-state index contributed by atoms with van der Waals surface area (Å²) in [6.45, 7) is 3.24. The highest BCUT2D eigenvalue weighted by Gasteiger charge is 2.38. The van der Waals surface area contributed by atoms with Gasteiger partial charge in [-0.25, -0.2) is 4.79 Å². The molecule has 0 bridgehead atoms. The number of nitrogens with one attached hydrogen (secondary N) is 1. The van der Waals surface area contributed by atoms with Crippen molar-refractivity contribution in [2.45, 2.75) is 38.8 Å². The van der Waals surface area contributed by atoms with Gasteiger partial charge in [0.05, 0.1) is 6.54 Å². The van der Waals surface area contributed by atoms with E-state index in [2.05, 4.69) is 10.3 Å². The number of quaternary nitrogens is 1. The minimum absolute atomic E-state index is 0.0150. The van der Waals surface area contributed by atoms with Gasteiger partial charge in [0.25, 0.3) is 11.5 Å². The number of alkyl halides is 6. The highest BCUT2D eigenvalue weighted by atomic mass is 19.4. The van der Waals surface area contributed by atoms with E-state index in [0.29, 0.717) is 16.8 Å². The summed E-state index contributed by atoms with van der Waals surface area (Å²) in [5.74, 6) is -5.71. The highest BCUT2D eigenvalue weighted by molar-refractivity contribution is 6.04. The third-order valence-corrected chi connectivity index (χ3v) is 5.42. The first kappa shape index (κ1) is 32.5. The van der Waals surface area contributed by atoms with E-state index in [1.165, 1.54) is 16.7 Å². The molecule has 1 atom stereocenters. The van der Waals surface area contributed by atoms with Gasteiger partial charge < -0.3 is 26.0 Å². The molecule has 1 aliphatic rings. The number of hydrogen-bond donors (Lipinski definition) is 5. The Kier molecular flexibility index (Phi) is 10.1. The van der Waals surface area contributed by atoms with Crippen LogP contribution in [-0.2, 0) is 22.3 Å². The molecule has 41 heavy (non-hydrogen) atoms. The smallest absolute Gasteiger partial charge is 0.490 e. The van der Waals surface area contributed by atoms with Crippen LogP contribution >= 0.6 is 0 Å². The molecule has 1 aliphatic heterocycles. The van der Waals surface area contributed by atoms with Crippen LogP contribution in [0.5, 0.6) is 5.75 Å². The number of aromatic nitrogens is 2. The molecule has 11 nitrogen and oxygen atoms in total. The Hall–Kier alpha value is -4.67. The number of carbonyl (C=O) groups is 3. The number of benzene rings is 1. The van der Waals surface area contributed by atoms with E-state index < -0.39 is 65.4 Å². The number of aliphatic carboxylic acids is 2. The van der Waals surface area contributed by atoms with E-state index in [9.17, 15) is 45.8 Å². The molecule has 0 fully saturated rings. The molecule has 1 amide bonds. The van der Waals surface area contributed by atoms with Gasteiger partial charge in [-0.3, -0.25) is 23.9 Å². The largest absolute Gasteiger partial charge is 0.506 e. The molecule has 1 unspecified atom stereocenters. The van der Waals surface area contributed by atoms with Gasteiger partial charge in [0, 0.05) is 23.2 Å². The second-order valence-electron chi connectivity index (χ2n) is 8.01. The van der Waals surface area contributed by atoms with Gasteiger partial charge in [0.1, 0.15) is 35.1 Å². The van der Waals surface area contributed by atoms with Crippen molar-refractivity contribution in [2.24, 2.45) is 0 Å². The summed E-state index contributed by atoms with van der Waals surface area (Å²) >= 11 is 0. The Morgan fingerprint density at radius 3 is 2.17 bits per heavy atom. The van der Waals surface area contributed by atoms with Crippen LogP contribution in [0.1, 0.15) is 41.5 Å². The lowest BCUT2D eigenvalue weighted by Crippen LogP contribution is -2.82. The molecule has 222 valence electrons. The predicted octanol–water partition coefficient (Wildman–Crippen LogP) is 2.54. The number of carbonyl (C=O) groups excluding carboxylic acids is 1. The van der Waals surface area contributed by atoms with Gasteiger partial charge in [-0.15, -0.1) is 0 Å². The molecule has 0 radical (unpaired) electrons. The number of aromatic hydroxyl groups is 1. The number of para-hydroxylation sites is 1. The van der Waals surface area contributed by atoms with Crippen LogP contribution in [0.4, 0.5) is 32.0 Å². The Bertz CT molecular complexity index is 1500. The topological polar surface area (TPSA) is 175 Å². The Balaban J connectivity index is 0.000000573. The first-order chi connectivity index (χ1) is 19.0. The SMILES string of the molecule is CC.O=C(O)C(F)(F)F.O=C(O)CNC(=O)c1c(O)c2cccc3c2n(c1=O)CC(c1ccc(C(F)(F)F)nc1)[NH2+]3. The normalized spacial score (nSPS) is 14.2. The summed E-state index contributed by atoms with van der Waals surface area (Å²) in [6.07, 6.45) is -8.58. The second-order valence-corrected chi connectivity index (χ2v) is 8.01. The van der Waals surface area contributed by atoms with Gasteiger partial charge in [-0.2, -0.15) is 26.3 Å². The zero-order valence-corrected chi connectivity index (χ0v) is 21.2. The number of halogens is 6. The van der Waals surface area contributed by atoms with Crippen LogP contribution in [0.3, 0.4) is 0 Å². The highest BCUT2D eigenvalue weighted by Crippen LogP contribution is 2.33. The summed E-state index contributed by atoms with van der Waals surface area (Å²) in [4.78, 5) is 48.6. The molecule has 0 aliphatic carbocycles. The minimum Gasteiger partial charge on any atom is -0.506 e. The van der Waals surface area contributed by atoms with Crippen molar-refractivity contribution in [2.75, 3.05) is 6.54 Å². The van der Waals surface area contributed by atoms with Crippen LogP contribution in [0, 0.1) is 0 Å². The maximum Gasteiger partial charge on any atom is 0.490 e. The molecule has 2 aromatic heterocycles. The maximum atomic E-state index is 13.1. The lowest BCUT2D eigenvalue weighted by Gasteiger charge is -2.25. The molecule has 0 saturated carbocycles. The predicted molar refractivity (Wildman–Crippen MR) is 128 cm³/mol. The monoisotopic (exact) mass is 593 g/mol. The minimum atomic E-state index is -5.08. The van der Waals surface area contributed by atoms with Crippen LogP contribution in [0.2, 0.25) is 0 Å². The molecule has 1 aromatic carbocycles. The quantitative estimate of drug-likeness (QED) is 0.227. The van der Waals surface area contributed by atoms with Crippen molar-refractivity contribution < 1.29 is 61.4 Å². The van der Waals surface area contributed by atoms with Crippen LogP contribution in [0.25, 0.3) is 10.9 Å². The maximum absolute atomic E-state index is 13.1. The first-order valence-electron chi connectivity index (χ1n) is 11.6. The fourth-order valence-electron chi connectivity index (χ4n) is 3.74. The van der Waals surface area contributed by atoms with Gasteiger partial charge in [0.2, 0.25) is 0 Å². The number of nitrogens with two attached hydrogens (primary N) is 1. The van der Waals surface area contributed by atoms with Crippen molar-refractivity contribution in [1.29, 1.82) is 0 Å². The second kappa shape index (κ2) is 12.7. The lowest BCUT2D eigenvalue weighted by molar-refractivity contribution is -0.621. The number of amides is 1. The van der Waals surface area contributed by atoms with Crippen molar-refractivity contribution in [3.8, 4) is 5.75 Å². The Morgan fingerprint density at radius 2 is 1.68 bits per heavy atom. The zero-order valence-electron chi connectivity index (χ0n) is 21.2. The first-order valence-corrected chi connectivity index (χ1v) is 11.6. The van der Waals surface area contributed by atoms with E-state index in [1.807, 2.05) is 13.8 Å². The fourth-order valence-corrected chi connectivity index (χ4v) is 3.74. The van der Waals surface area contributed by atoms with Crippen molar-refractivity contribution in [3.63, 3.8) is 0 Å². The number of rotatable bonds is 4. The molecule has 0 saturated heterocycles. The van der Waals surface area contributed by atoms with Gasteiger partial charge in [-0.05, 0) is 18.2 Å². The third-order valence-electron chi connectivity index (χ3n) is 5.42. The summed E-state index contributed by atoms with van der Waals surface area (Å²) in [7, 11) is 0. The number of nitrogens with zero attached hydrogens (tertiary/aromatic N) is 2. The standard InChI is InChI=1S/C20H15F3N4O5.C2HF3O2.C2H6/c21-20(22,23)13-5-4-9(6-24-13)12-8-27-16-10(2-1-3-11(16)26-12)17(30)15(19(27)32)18(31)25-7-14(28)29;3-2(4,5)1(6)7;1-2/h1-6,12,26,30H,7-8H2,(H,25,31)(H,28,29);(H,6,7);1-2H3/p+1. The molecule has 4 rings (SSSR count). The molecule has 0 spiro atoms. The van der Waals surface area contributed by atoms with Crippen molar-refractivity contribution in [3.05, 3.63) is 63.7 Å². The van der Waals surface area contributed by atoms with Crippen LogP contribution in [0.15, 0.2) is 41.3 Å². The summed E-state index contributed by atoms with van der Waals surface area (Å²) in [5, 5.41) is 30.5. The summed E-state index contributed by atoms with van der Waals surface area (Å²) in [6, 6.07) is 6.37. The number of carboxylic acid groups (broad SMARTS) is 2. The van der Waals surface area contributed by atoms with Gasteiger partial charge >= 0.3 is 24.3 Å². The van der Waals surface area contributed by atoms with Gasteiger partial charge in [-0.1, -0.05) is 19.9 Å². The number of hydrogen-bond acceptors (Lipinski definition) is 6. The molecule has 3 heterocycles. The van der Waals surface area contributed by atoms with Crippen molar-refractivity contribution >= 4 is 34.4 Å². The Labute approximate surface area is 226 Å². The lowest BCUT2D eigenvalue weighted by atomic mass is 10.0. The van der Waals surface area contributed by atoms with E-state index in [-0.39, 0.29) is 11.9 Å². The fraction of sp³-hybridized carbons (Fsp3) is 0.292. The zero-order chi connectivity index (χ0) is 31.3. The van der Waals surface area contributed by atoms with Crippen molar-refractivity contribution in [1.82, 2.24) is 14.9 Å². The van der Waals surface area contributed by atoms with E-state index in [4.69, 9.17) is 15.0 Å². The Morgan fingerprint density at radius 1 is 1.07 bits per heavy atom. The molecule has 6 N–H and O–H groups in total. The van der Waals surface area contributed by atoms with E-state index in [0.717, 1.165) is 12.3 Å². The molecular formula is C24H23F6N4O7+. The third kappa shape index (κ3) is 7.50. The summed E-state index contributed by atoms with van der Waals surface area (Å²) in [5.41, 5.74) is -1.16. The molecule has 17 heteroatoms. The van der Waals surface area contributed by atoms with Crippen LogP contribution < -0.4 is 16.2 Å². The van der Waals surface area contributed by atoms with Crippen LogP contribution in [-0.4, -0.2) is 55.4 Å². The average molecular weight is 593 g/mol. The van der Waals surface area contributed by atoms with E-state index >= 15 is 0 Å². The number of pyridine rings is 2. The number of carboxylic acids is 2. The molecule has 3 aromatic rings. The van der Waals surface area contributed by atoms with E-state index in [1.54, 1.807) is 17.4 Å². The molecular weight excluding hydrogens is 570 g/mol. The average Bonchev–Trinajstić information content (AvgIpc) is 2.90.